The lowest BCUT2D eigenvalue weighted by atomic mass is 10.0. The van der Waals surface area contributed by atoms with Gasteiger partial charge in [-0.25, -0.2) is 0 Å². The average Bonchev–Trinajstić information content (AvgIpc) is 2.11. The van der Waals surface area contributed by atoms with Gasteiger partial charge in [0.05, 0.1) is 5.54 Å². The lowest BCUT2D eigenvalue weighted by Gasteiger charge is -2.12. The van der Waals surface area contributed by atoms with Crippen molar-refractivity contribution in [1.29, 1.82) is 0 Å². The molecule has 10 heavy (non-hydrogen) atoms. The highest BCUT2D eigenvalue weighted by Crippen LogP contribution is 2.16. The predicted octanol–water partition coefficient (Wildman–Crippen LogP) is 0.451. The molecule has 56 valence electrons. The fraction of sp³-hybridized carbons (Fsp3) is 0.500. The van der Waals surface area contributed by atoms with E-state index in [2.05, 4.69) is 9.68 Å². The molecular weight excluding hydrogens is 130 g/mol. The summed E-state index contributed by atoms with van der Waals surface area (Å²) in [6.45, 7) is 3.68. The van der Waals surface area contributed by atoms with Gasteiger partial charge in [-0.2, -0.15) is 0 Å². The monoisotopic (exact) mass is 141 g/mol. The minimum atomic E-state index is -0.471. The summed E-state index contributed by atoms with van der Waals surface area (Å²) in [5, 5.41) is 3.66. The number of nitrogens with two attached hydrogens (primary N) is 2. The van der Waals surface area contributed by atoms with E-state index in [-0.39, 0.29) is 0 Å². The Morgan fingerprint density at radius 1 is 1.60 bits per heavy atom. The van der Waals surface area contributed by atoms with Gasteiger partial charge in [0, 0.05) is 6.07 Å². The molecular formula is C6H11N3O. The van der Waals surface area contributed by atoms with E-state index in [0.29, 0.717) is 11.6 Å². The third-order valence-corrected chi connectivity index (χ3v) is 1.19. The highest BCUT2D eigenvalue weighted by molar-refractivity contribution is 5.27. The number of rotatable bonds is 1. The molecule has 0 aromatic carbocycles. The molecule has 0 atom stereocenters. The standard InChI is InChI=1S/C6H11N3O/c1-6(2,8)4-3-5(7)10-9-4/h3H,7-8H2,1-2H3. The maximum atomic E-state index is 5.69. The van der Waals surface area contributed by atoms with Gasteiger partial charge in [0.1, 0.15) is 5.69 Å². The molecule has 1 rings (SSSR count). The lowest BCUT2D eigenvalue weighted by molar-refractivity contribution is 0.400. The highest BCUT2D eigenvalue weighted by atomic mass is 16.5. The first-order valence-corrected chi connectivity index (χ1v) is 3.02. The first-order valence-electron chi connectivity index (χ1n) is 3.02. The maximum absolute atomic E-state index is 5.69. The first-order chi connectivity index (χ1) is 4.50. The summed E-state index contributed by atoms with van der Waals surface area (Å²) in [6.07, 6.45) is 0. The summed E-state index contributed by atoms with van der Waals surface area (Å²) in [4.78, 5) is 0. The van der Waals surface area contributed by atoms with Crippen LogP contribution in [0, 0.1) is 0 Å². The zero-order chi connectivity index (χ0) is 7.78. The molecule has 0 saturated heterocycles. The maximum Gasteiger partial charge on any atom is 0.222 e. The molecule has 1 heterocycles. The Balaban J connectivity index is 2.96. The fourth-order valence-corrected chi connectivity index (χ4v) is 0.593. The van der Waals surface area contributed by atoms with Gasteiger partial charge < -0.3 is 16.0 Å². The average molecular weight is 141 g/mol. The van der Waals surface area contributed by atoms with Crippen molar-refractivity contribution in [2.24, 2.45) is 5.73 Å². The van der Waals surface area contributed by atoms with E-state index in [1.807, 2.05) is 13.8 Å². The number of aromatic nitrogens is 1. The Morgan fingerprint density at radius 2 is 2.20 bits per heavy atom. The SMILES string of the molecule is CC(C)(N)c1cc(N)on1. The number of hydrogen-bond donors (Lipinski definition) is 2. The summed E-state index contributed by atoms with van der Waals surface area (Å²) in [6, 6.07) is 1.62. The summed E-state index contributed by atoms with van der Waals surface area (Å²) >= 11 is 0. The van der Waals surface area contributed by atoms with Crippen molar-refractivity contribution in [2.45, 2.75) is 19.4 Å². The molecule has 0 spiro atoms. The second-order valence-electron chi connectivity index (χ2n) is 2.84. The van der Waals surface area contributed by atoms with Crippen molar-refractivity contribution in [3.63, 3.8) is 0 Å². The van der Waals surface area contributed by atoms with Crippen LogP contribution in [0.2, 0.25) is 0 Å². The van der Waals surface area contributed by atoms with Crippen molar-refractivity contribution < 1.29 is 4.52 Å². The predicted molar refractivity (Wildman–Crippen MR) is 38.1 cm³/mol. The van der Waals surface area contributed by atoms with E-state index in [1.54, 1.807) is 6.07 Å². The molecule has 0 aliphatic heterocycles. The second kappa shape index (κ2) is 1.98. The van der Waals surface area contributed by atoms with Crippen LogP contribution in [0.25, 0.3) is 0 Å². The smallest absolute Gasteiger partial charge is 0.222 e. The minimum Gasteiger partial charge on any atom is -0.368 e. The molecule has 4 heteroatoms. The molecule has 0 fully saturated rings. The van der Waals surface area contributed by atoms with E-state index in [0.717, 1.165) is 0 Å². The van der Waals surface area contributed by atoms with E-state index < -0.39 is 5.54 Å². The number of nitrogen functional groups attached to an aromatic ring is 1. The van der Waals surface area contributed by atoms with E-state index in [4.69, 9.17) is 11.5 Å². The minimum absolute atomic E-state index is 0.300. The van der Waals surface area contributed by atoms with Crippen LogP contribution in [0.1, 0.15) is 19.5 Å². The van der Waals surface area contributed by atoms with Crippen molar-refractivity contribution in [2.75, 3.05) is 5.73 Å². The summed E-state index contributed by atoms with van der Waals surface area (Å²) in [7, 11) is 0. The highest BCUT2D eigenvalue weighted by Gasteiger charge is 2.18. The topological polar surface area (TPSA) is 78.1 Å². The van der Waals surface area contributed by atoms with E-state index >= 15 is 0 Å². The van der Waals surface area contributed by atoms with Gasteiger partial charge in [0.25, 0.3) is 0 Å². The van der Waals surface area contributed by atoms with Crippen LogP contribution >= 0.6 is 0 Å². The van der Waals surface area contributed by atoms with Crippen LogP contribution in [0.5, 0.6) is 0 Å². The first kappa shape index (κ1) is 7.08. The largest absolute Gasteiger partial charge is 0.368 e. The Kier molecular flexibility index (Phi) is 1.40. The molecule has 1 aromatic rings. The van der Waals surface area contributed by atoms with Crippen LogP contribution in [0.15, 0.2) is 10.6 Å². The third-order valence-electron chi connectivity index (χ3n) is 1.19. The quantitative estimate of drug-likeness (QED) is 0.595. The zero-order valence-electron chi connectivity index (χ0n) is 6.09. The summed E-state index contributed by atoms with van der Waals surface area (Å²) in [5.41, 5.74) is 11.2. The van der Waals surface area contributed by atoms with Gasteiger partial charge in [0.15, 0.2) is 0 Å². The van der Waals surface area contributed by atoms with Crippen molar-refractivity contribution in [1.82, 2.24) is 5.16 Å². The van der Waals surface area contributed by atoms with Crippen molar-refractivity contribution in [3.8, 4) is 0 Å². The summed E-state index contributed by atoms with van der Waals surface area (Å²) < 4.78 is 4.64. The molecule has 4 nitrogen and oxygen atoms in total. The van der Waals surface area contributed by atoms with Crippen LogP contribution in [0.3, 0.4) is 0 Å². The molecule has 0 aliphatic carbocycles. The normalized spacial score (nSPS) is 11.9. The molecule has 0 bridgehead atoms. The van der Waals surface area contributed by atoms with E-state index in [9.17, 15) is 0 Å². The van der Waals surface area contributed by atoms with Crippen LogP contribution in [0.4, 0.5) is 5.88 Å². The van der Waals surface area contributed by atoms with Gasteiger partial charge in [-0.1, -0.05) is 5.16 Å². The van der Waals surface area contributed by atoms with E-state index in [1.165, 1.54) is 0 Å². The second-order valence-corrected chi connectivity index (χ2v) is 2.84. The molecule has 0 radical (unpaired) electrons. The zero-order valence-corrected chi connectivity index (χ0v) is 6.09. The third kappa shape index (κ3) is 1.27. The number of nitrogens with zero attached hydrogens (tertiary/aromatic N) is 1. The Hall–Kier alpha value is -1.03. The molecule has 0 aliphatic rings. The van der Waals surface area contributed by atoms with Gasteiger partial charge in [-0.05, 0) is 13.8 Å². The van der Waals surface area contributed by atoms with Gasteiger partial charge in [0.2, 0.25) is 5.88 Å². The van der Waals surface area contributed by atoms with Gasteiger partial charge in [-0.3, -0.25) is 0 Å². The van der Waals surface area contributed by atoms with Gasteiger partial charge in [-0.15, -0.1) is 0 Å². The van der Waals surface area contributed by atoms with Crippen LogP contribution in [-0.4, -0.2) is 5.16 Å². The van der Waals surface area contributed by atoms with Crippen LogP contribution < -0.4 is 11.5 Å². The molecule has 0 amide bonds. The van der Waals surface area contributed by atoms with Crippen LogP contribution in [-0.2, 0) is 5.54 Å². The number of anilines is 1. The molecule has 0 saturated carbocycles. The Labute approximate surface area is 59.2 Å². The lowest BCUT2D eigenvalue weighted by Crippen LogP contribution is -2.28. The Morgan fingerprint density at radius 3 is 2.40 bits per heavy atom. The number of hydrogen-bond acceptors (Lipinski definition) is 4. The Bertz CT molecular complexity index is 223. The van der Waals surface area contributed by atoms with Gasteiger partial charge >= 0.3 is 0 Å². The summed E-state index contributed by atoms with van der Waals surface area (Å²) in [5.74, 6) is 0.300. The molecule has 1 aromatic heterocycles. The van der Waals surface area contributed by atoms with Crippen molar-refractivity contribution in [3.05, 3.63) is 11.8 Å². The van der Waals surface area contributed by atoms with Crippen molar-refractivity contribution >= 4 is 5.88 Å². The fourth-order valence-electron chi connectivity index (χ4n) is 0.593. The molecule has 0 unspecified atom stereocenters. The molecule has 4 N–H and O–H groups in total.